The van der Waals surface area contributed by atoms with Crippen molar-refractivity contribution < 1.29 is 0 Å². The van der Waals surface area contributed by atoms with Gasteiger partial charge in [0.15, 0.2) is 17.5 Å². The Morgan fingerprint density at radius 2 is 0.685 bits per heavy atom. The summed E-state index contributed by atoms with van der Waals surface area (Å²) < 4.78 is 0. The van der Waals surface area contributed by atoms with Crippen molar-refractivity contribution in [3.05, 3.63) is 194 Å². The molecule has 10 rings (SSSR count). The summed E-state index contributed by atoms with van der Waals surface area (Å²) in [6, 6.07) is 63.9. The Labute approximate surface area is 313 Å². The Hall–Kier alpha value is -7.30. The van der Waals surface area contributed by atoms with E-state index in [1.165, 1.54) is 43.8 Å². The molecule has 10 aromatic rings. The maximum atomic E-state index is 5.16. The molecule has 8 aromatic carbocycles. The molecule has 0 amide bonds. The van der Waals surface area contributed by atoms with Crippen molar-refractivity contribution in [1.29, 1.82) is 0 Å². The first-order valence-electron chi connectivity index (χ1n) is 18.1. The lowest BCUT2D eigenvalue weighted by Crippen LogP contribution is -2.01. The van der Waals surface area contributed by atoms with E-state index in [1.54, 1.807) is 6.20 Å². The van der Waals surface area contributed by atoms with Crippen LogP contribution in [0.25, 0.3) is 99.9 Å². The molecule has 2 heterocycles. The first-order chi connectivity index (χ1) is 26.8. The molecule has 0 aliphatic heterocycles. The third-order valence-electron chi connectivity index (χ3n) is 10.2. The van der Waals surface area contributed by atoms with E-state index in [-0.39, 0.29) is 0 Å². The van der Waals surface area contributed by atoms with Gasteiger partial charge in [-0.05, 0) is 77.8 Å². The summed E-state index contributed by atoms with van der Waals surface area (Å²) in [5.41, 5.74) is 9.82. The van der Waals surface area contributed by atoms with Gasteiger partial charge in [0.2, 0.25) is 0 Å². The molecule has 0 aliphatic rings. The molecule has 2 aromatic heterocycles. The average Bonchev–Trinajstić information content (AvgIpc) is 3.26. The molecule has 0 N–H and O–H groups in total. The lowest BCUT2D eigenvalue weighted by molar-refractivity contribution is 1.08. The molecule has 0 spiro atoms. The lowest BCUT2D eigenvalue weighted by atomic mass is 9.84. The van der Waals surface area contributed by atoms with Gasteiger partial charge in [0.05, 0.1) is 0 Å². The van der Waals surface area contributed by atoms with Crippen LogP contribution in [0.3, 0.4) is 0 Å². The zero-order chi connectivity index (χ0) is 35.8. The van der Waals surface area contributed by atoms with E-state index in [0.717, 1.165) is 38.6 Å². The molecule has 0 aliphatic carbocycles. The van der Waals surface area contributed by atoms with Gasteiger partial charge in [-0.3, -0.25) is 4.98 Å². The minimum atomic E-state index is 0.623. The van der Waals surface area contributed by atoms with Gasteiger partial charge in [-0.25, -0.2) is 15.0 Å². The molecule has 0 saturated carbocycles. The van der Waals surface area contributed by atoms with Crippen molar-refractivity contribution in [3.8, 4) is 67.5 Å². The SMILES string of the molecule is c1ccc(-c2nc(-c3ccc(-c4cccnc4)cc3)nc(-c3ccc(-c4c5ccccc5c(-c5ccccc5)c5ccccc45)c4ccccc34)n2)cc1. The highest BCUT2D eigenvalue weighted by molar-refractivity contribution is 6.24. The van der Waals surface area contributed by atoms with Crippen molar-refractivity contribution in [1.82, 2.24) is 19.9 Å². The summed E-state index contributed by atoms with van der Waals surface area (Å²) >= 11 is 0. The second-order valence-electron chi connectivity index (χ2n) is 13.4. The summed E-state index contributed by atoms with van der Waals surface area (Å²) in [6.07, 6.45) is 3.67. The number of aromatic nitrogens is 4. The van der Waals surface area contributed by atoms with Gasteiger partial charge in [0, 0.05) is 29.1 Å². The van der Waals surface area contributed by atoms with E-state index in [2.05, 4.69) is 151 Å². The van der Waals surface area contributed by atoms with Crippen LogP contribution in [-0.2, 0) is 0 Å². The molecule has 252 valence electrons. The van der Waals surface area contributed by atoms with Gasteiger partial charge in [-0.2, -0.15) is 0 Å². The maximum Gasteiger partial charge on any atom is 0.164 e. The second-order valence-corrected chi connectivity index (χ2v) is 13.4. The zero-order valence-corrected chi connectivity index (χ0v) is 29.3. The highest BCUT2D eigenvalue weighted by Gasteiger charge is 2.20. The maximum absolute atomic E-state index is 5.16. The largest absolute Gasteiger partial charge is 0.264 e. The molecule has 0 bridgehead atoms. The number of nitrogens with zero attached hydrogens (tertiary/aromatic N) is 4. The number of benzene rings is 8. The van der Waals surface area contributed by atoms with Gasteiger partial charge in [0.25, 0.3) is 0 Å². The van der Waals surface area contributed by atoms with E-state index in [4.69, 9.17) is 15.0 Å². The molecule has 0 saturated heterocycles. The number of pyridine rings is 1. The fourth-order valence-corrected chi connectivity index (χ4v) is 7.73. The van der Waals surface area contributed by atoms with Crippen LogP contribution in [0.1, 0.15) is 0 Å². The monoisotopic (exact) mass is 688 g/mol. The number of rotatable bonds is 6. The summed E-state index contributed by atoms with van der Waals surface area (Å²) in [5, 5.41) is 7.12. The number of hydrogen-bond donors (Lipinski definition) is 0. The zero-order valence-electron chi connectivity index (χ0n) is 29.3. The van der Waals surface area contributed by atoms with Crippen LogP contribution in [0.5, 0.6) is 0 Å². The third kappa shape index (κ3) is 5.49. The van der Waals surface area contributed by atoms with Crippen molar-refractivity contribution in [2.24, 2.45) is 0 Å². The number of hydrogen-bond acceptors (Lipinski definition) is 4. The smallest absolute Gasteiger partial charge is 0.164 e. The number of fused-ring (bicyclic) bond motifs is 3. The van der Waals surface area contributed by atoms with Gasteiger partial charge < -0.3 is 0 Å². The fourth-order valence-electron chi connectivity index (χ4n) is 7.73. The van der Waals surface area contributed by atoms with Gasteiger partial charge in [0.1, 0.15) is 0 Å². The minimum Gasteiger partial charge on any atom is -0.264 e. The van der Waals surface area contributed by atoms with Crippen LogP contribution < -0.4 is 0 Å². The van der Waals surface area contributed by atoms with E-state index in [0.29, 0.717) is 17.5 Å². The Morgan fingerprint density at radius 1 is 0.259 bits per heavy atom. The van der Waals surface area contributed by atoms with Crippen LogP contribution >= 0.6 is 0 Å². The standard InChI is InChI=1S/C50H32N4/c1-3-14-34(15-4-1)46-40-21-9-11-23-42(40)47(43-24-12-10-22-41(43)46)44-29-30-45(39-20-8-7-19-38(39)44)50-53-48(35-16-5-2-6-17-35)52-49(54-50)36-27-25-33(26-28-36)37-18-13-31-51-32-37/h1-32H. The highest BCUT2D eigenvalue weighted by atomic mass is 15.0. The van der Waals surface area contributed by atoms with Gasteiger partial charge in [-0.1, -0.05) is 170 Å². The molecule has 4 nitrogen and oxygen atoms in total. The molecule has 0 unspecified atom stereocenters. The normalized spacial score (nSPS) is 11.3. The highest BCUT2D eigenvalue weighted by Crippen LogP contribution is 2.46. The minimum absolute atomic E-state index is 0.623. The predicted octanol–water partition coefficient (Wildman–Crippen LogP) is 12.7. The molecule has 0 radical (unpaired) electrons. The Kier molecular flexibility index (Phi) is 7.77. The van der Waals surface area contributed by atoms with Crippen molar-refractivity contribution in [3.63, 3.8) is 0 Å². The quantitative estimate of drug-likeness (QED) is 0.163. The molecule has 0 atom stereocenters. The lowest BCUT2D eigenvalue weighted by Gasteiger charge is -2.19. The Balaban J connectivity index is 1.19. The van der Waals surface area contributed by atoms with Crippen LogP contribution in [0.2, 0.25) is 0 Å². The third-order valence-corrected chi connectivity index (χ3v) is 10.2. The van der Waals surface area contributed by atoms with Gasteiger partial charge in [-0.15, -0.1) is 0 Å². The predicted molar refractivity (Wildman–Crippen MR) is 223 cm³/mol. The molecular formula is C50H32N4. The molecule has 4 heteroatoms. The van der Waals surface area contributed by atoms with Gasteiger partial charge >= 0.3 is 0 Å². The Bertz CT molecular complexity index is 2900. The van der Waals surface area contributed by atoms with Crippen LogP contribution in [-0.4, -0.2) is 19.9 Å². The summed E-state index contributed by atoms with van der Waals surface area (Å²) in [6.45, 7) is 0. The van der Waals surface area contributed by atoms with Crippen LogP contribution in [0.15, 0.2) is 194 Å². The van der Waals surface area contributed by atoms with E-state index >= 15 is 0 Å². The summed E-state index contributed by atoms with van der Waals surface area (Å²) in [4.78, 5) is 19.6. The average molecular weight is 689 g/mol. The molecular weight excluding hydrogens is 657 g/mol. The van der Waals surface area contributed by atoms with Crippen molar-refractivity contribution >= 4 is 32.3 Å². The van der Waals surface area contributed by atoms with E-state index in [1.807, 2.05) is 42.6 Å². The van der Waals surface area contributed by atoms with Crippen molar-refractivity contribution in [2.75, 3.05) is 0 Å². The fraction of sp³-hybridized carbons (Fsp3) is 0. The van der Waals surface area contributed by atoms with E-state index < -0.39 is 0 Å². The second kappa shape index (κ2) is 13.4. The topological polar surface area (TPSA) is 51.6 Å². The molecule has 0 fully saturated rings. The van der Waals surface area contributed by atoms with Crippen LogP contribution in [0.4, 0.5) is 0 Å². The molecule has 54 heavy (non-hydrogen) atoms. The van der Waals surface area contributed by atoms with Crippen LogP contribution in [0, 0.1) is 0 Å². The first kappa shape index (κ1) is 31.4. The van der Waals surface area contributed by atoms with E-state index in [9.17, 15) is 0 Å². The van der Waals surface area contributed by atoms with Crippen molar-refractivity contribution in [2.45, 2.75) is 0 Å². The summed E-state index contributed by atoms with van der Waals surface area (Å²) in [5.74, 6) is 1.89. The first-order valence-corrected chi connectivity index (χ1v) is 18.1. The Morgan fingerprint density at radius 3 is 1.26 bits per heavy atom. The summed E-state index contributed by atoms with van der Waals surface area (Å²) in [7, 11) is 0.